The molecule has 0 aliphatic carbocycles. The molecule has 0 aromatic heterocycles. The van der Waals surface area contributed by atoms with Gasteiger partial charge in [0, 0.05) is 28.8 Å². The fraction of sp³-hybridized carbons (Fsp3) is 0.321. The van der Waals surface area contributed by atoms with E-state index in [-0.39, 0.29) is 35.7 Å². The van der Waals surface area contributed by atoms with E-state index in [0.29, 0.717) is 18.6 Å². The molecule has 3 aromatic carbocycles. The summed E-state index contributed by atoms with van der Waals surface area (Å²) in [6, 6.07) is 23.1. The molecule has 0 radical (unpaired) electrons. The van der Waals surface area contributed by atoms with E-state index in [0.717, 1.165) is 21.0 Å². The number of benzene rings is 3. The molecule has 1 aliphatic heterocycles. The number of nitrogens with one attached hydrogen (secondary N) is 1. The number of carbonyl (C=O) groups excluding carboxylic acids is 1. The molecule has 1 heterocycles. The Bertz CT molecular complexity index is 1300. The SMILES string of the molecule is COc1ccc(C(C)C)cc1S(=O)(=O)N1CCC(C(=O)Nc2ccccc2Sc2ccccc2)CC1. The van der Waals surface area contributed by atoms with Crippen molar-refractivity contribution in [1.29, 1.82) is 0 Å². The van der Waals surface area contributed by atoms with Crippen molar-refractivity contribution in [3.05, 3.63) is 78.4 Å². The summed E-state index contributed by atoms with van der Waals surface area (Å²) >= 11 is 1.60. The van der Waals surface area contributed by atoms with Crippen LogP contribution in [0.15, 0.2) is 87.5 Å². The van der Waals surface area contributed by atoms with Crippen molar-refractivity contribution in [2.45, 2.75) is 47.3 Å². The number of ether oxygens (including phenoxy) is 1. The van der Waals surface area contributed by atoms with Gasteiger partial charge in [-0.05, 0) is 60.7 Å². The second-order valence-corrected chi connectivity index (χ2v) is 12.2. The molecule has 0 bridgehead atoms. The van der Waals surface area contributed by atoms with Crippen LogP contribution in [0, 0.1) is 5.92 Å². The normalized spacial score (nSPS) is 15.1. The molecule has 0 atom stereocenters. The van der Waals surface area contributed by atoms with Crippen LogP contribution in [-0.4, -0.2) is 38.8 Å². The Morgan fingerprint density at radius 2 is 1.67 bits per heavy atom. The molecule has 6 nitrogen and oxygen atoms in total. The Morgan fingerprint density at radius 3 is 2.33 bits per heavy atom. The van der Waals surface area contributed by atoms with Crippen molar-refractivity contribution in [1.82, 2.24) is 4.31 Å². The van der Waals surface area contributed by atoms with Crippen molar-refractivity contribution >= 4 is 33.4 Å². The van der Waals surface area contributed by atoms with Crippen molar-refractivity contribution in [2.75, 3.05) is 25.5 Å². The zero-order chi connectivity index (χ0) is 25.7. The Labute approximate surface area is 218 Å². The molecule has 3 aromatic rings. The van der Waals surface area contributed by atoms with Crippen LogP contribution in [0.1, 0.15) is 38.2 Å². The van der Waals surface area contributed by atoms with Crippen LogP contribution in [0.2, 0.25) is 0 Å². The van der Waals surface area contributed by atoms with Crippen LogP contribution in [0.3, 0.4) is 0 Å². The minimum Gasteiger partial charge on any atom is -0.495 e. The highest BCUT2D eigenvalue weighted by molar-refractivity contribution is 7.99. The van der Waals surface area contributed by atoms with Gasteiger partial charge in [-0.15, -0.1) is 0 Å². The molecular weight excluding hydrogens is 492 g/mol. The molecule has 0 spiro atoms. The van der Waals surface area contributed by atoms with Gasteiger partial charge < -0.3 is 10.1 Å². The molecule has 36 heavy (non-hydrogen) atoms. The maximum atomic E-state index is 13.5. The summed E-state index contributed by atoms with van der Waals surface area (Å²) in [5.41, 5.74) is 1.71. The lowest BCUT2D eigenvalue weighted by molar-refractivity contribution is -0.120. The van der Waals surface area contributed by atoms with E-state index < -0.39 is 10.0 Å². The minimum atomic E-state index is -3.74. The molecule has 1 amide bonds. The average Bonchev–Trinajstić information content (AvgIpc) is 2.90. The van der Waals surface area contributed by atoms with Gasteiger partial charge in [0.15, 0.2) is 0 Å². The first kappa shape index (κ1) is 26.3. The monoisotopic (exact) mass is 524 g/mol. The van der Waals surface area contributed by atoms with E-state index in [1.165, 1.54) is 11.4 Å². The van der Waals surface area contributed by atoms with Crippen LogP contribution in [0.4, 0.5) is 5.69 Å². The first-order valence-electron chi connectivity index (χ1n) is 12.1. The van der Waals surface area contributed by atoms with Crippen molar-refractivity contribution < 1.29 is 17.9 Å². The van der Waals surface area contributed by atoms with Gasteiger partial charge in [0.05, 0.1) is 12.8 Å². The van der Waals surface area contributed by atoms with Crippen molar-refractivity contribution in [3.63, 3.8) is 0 Å². The number of amides is 1. The summed E-state index contributed by atoms with van der Waals surface area (Å²) < 4.78 is 33.8. The van der Waals surface area contributed by atoms with Gasteiger partial charge in [-0.2, -0.15) is 4.31 Å². The summed E-state index contributed by atoms with van der Waals surface area (Å²) in [6.45, 7) is 4.63. The van der Waals surface area contributed by atoms with Crippen LogP contribution >= 0.6 is 11.8 Å². The van der Waals surface area contributed by atoms with Crippen LogP contribution in [0.25, 0.3) is 0 Å². The molecule has 190 valence electrons. The van der Waals surface area contributed by atoms with E-state index >= 15 is 0 Å². The van der Waals surface area contributed by atoms with Gasteiger partial charge in [-0.3, -0.25) is 4.79 Å². The number of para-hydroxylation sites is 1. The predicted octanol–water partition coefficient (Wildman–Crippen LogP) is 6.01. The van der Waals surface area contributed by atoms with Gasteiger partial charge >= 0.3 is 0 Å². The maximum absolute atomic E-state index is 13.5. The molecule has 8 heteroatoms. The largest absolute Gasteiger partial charge is 0.495 e. The number of anilines is 1. The third-order valence-electron chi connectivity index (χ3n) is 6.41. The second-order valence-electron chi connectivity index (χ2n) is 9.14. The summed E-state index contributed by atoms with van der Waals surface area (Å²) in [7, 11) is -2.26. The average molecular weight is 525 g/mol. The number of nitrogens with zero attached hydrogens (tertiary/aromatic N) is 1. The minimum absolute atomic E-state index is 0.0763. The lowest BCUT2D eigenvalue weighted by Crippen LogP contribution is -2.41. The number of hydrogen-bond acceptors (Lipinski definition) is 5. The molecule has 1 N–H and O–H groups in total. The first-order chi connectivity index (χ1) is 17.3. The molecule has 1 saturated heterocycles. The first-order valence-corrected chi connectivity index (χ1v) is 14.4. The lowest BCUT2D eigenvalue weighted by Gasteiger charge is -2.31. The maximum Gasteiger partial charge on any atom is 0.246 e. The quantitative estimate of drug-likeness (QED) is 0.391. The molecule has 0 unspecified atom stereocenters. The number of rotatable bonds is 8. The summed E-state index contributed by atoms with van der Waals surface area (Å²) in [4.78, 5) is 15.4. The summed E-state index contributed by atoms with van der Waals surface area (Å²) in [6.07, 6.45) is 0.927. The molecule has 1 fully saturated rings. The smallest absolute Gasteiger partial charge is 0.246 e. The van der Waals surface area contributed by atoms with Gasteiger partial charge in [-0.25, -0.2) is 8.42 Å². The number of hydrogen-bond donors (Lipinski definition) is 1. The zero-order valence-corrected chi connectivity index (χ0v) is 22.4. The van der Waals surface area contributed by atoms with Gasteiger partial charge in [-0.1, -0.05) is 62.0 Å². The number of sulfonamides is 1. The molecule has 4 rings (SSSR count). The summed E-state index contributed by atoms with van der Waals surface area (Å²) in [5, 5.41) is 3.08. The van der Waals surface area contributed by atoms with Crippen LogP contribution < -0.4 is 10.1 Å². The fourth-order valence-electron chi connectivity index (χ4n) is 4.26. The van der Waals surface area contributed by atoms with E-state index in [1.54, 1.807) is 23.9 Å². The number of carbonyl (C=O) groups is 1. The Kier molecular flexibility index (Phi) is 8.39. The van der Waals surface area contributed by atoms with Crippen molar-refractivity contribution in [2.24, 2.45) is 5.92 Å². The van der Waals surface area contributed by atoms with Crippen LogP contribution in [0.5, 0.6) is 5.75 Å². The molecule has 0 saturated carbocycles. The Morgan fingerprint density at radius 1 is 1.00 bits per heavy atom. The molecule has 1 aliphatic rings. The van der Waals surface area contributed by atoms with Crippen LogP contribution in [-0.2, 0) is 14.8 Å². The molecular formula is C28H32N2O4S2. The third kappa shape index (κ3) is 5.94. The zero-order valence-electron chi connectivity index (χ0n) is 20.8. The predicted molar refractivity (Wildman–Crippen MR) is 144 cm³/mol. The highest BCUT2D eigenvalue weighted by atomic mass is 32.2. The Hall–Kier alpha value is -2.81. The fourth-order valence-corrected chi connectivity index (χ4v) is 6.84. The lowest BCUT2D eigenvalue weighted by atomic mass is 9.97. The standard InChI is InChI=1S/C28H32N2O4S2/c1-20(2)22-13-14-25(34-3)27(19-22)36(32,33)30-17-15-21(16-18-30)28(31)29-24-11-7-8-12-26(24)35-23-9-5-4-6-10-23/h4-14,19-21H,15-18H2,1-3H3,(H,29,31). The highest BCUT2D eigenvalue weighted by Crippen LogP contribution is 2.35. The van der Waals surface area contributed by atoms with Gasteiger partial charge in [0.1, 0.15) is 10.6 Å². The van der Waals surface area contributed by atoms with E-state index in [4.69, 9.17) is 4.74 Å². The van der Waals surface area contributed by atoms with E-state index in [2.05, 4.69) is 5.32 Å². The van der Waals surface area contributed by atoms with Gasteiger partial charge in [0.2, 0.25) is 15.9 Å². The van der Waals surface area contributed by atoms with Crippen molar-refractivity contribution in [3.8, 4) is 5.75 Å². The summed E-state index contributed by atoms with van der Waals surface area (Å²) in [5.74, 6) is 0.205. The number of methoxy groups -OCH3 is 1. The highest BCUT2D eigenvalue weighted by Gasteiger charge is 2.34. The second kappa shape index (κ2) is 11.5. The van der Waals surface area contributed by atoms with Gasteiger partial charge in [0.25, 0.3) is 0 Å². The van der Waals surface area contributed by atoms with E-state index in [1.807, 2.05) is 74.5 Å². The Balaban J connectivity index is 1.43. The van der Waals surface area contributed by atoms with E-state index in [9.17, 15) is 13.2 Å². The topological polar surface area (TPSA) is 75.7 Å². The third-order valence-corrected chi connectivity index (χ3v) is 9.42. The number of piperidine rings is 1.